The number of morpholine rings is 1. The van der Waals surface area contributed by atoms with Crippen molar-refractivity contribution < 1.29 is 4.74 Å². The van der Waals surface area contributed by atoms with Crippen LogP contribution in [0.3, 0.4) is 0 Å². The molecule has 0 aromatic heterocycles. The minimum atomic E-state index is 0.0556. The highest BCUT2D eigenvalue weighted by Gasteiger charge is 2.15. The molecule has 1 aliphatic rings. The smallest absolute Gasteiger partial charge is 0.109 e. The van der Waals surface area contributed by atoms with Crippen LogP contribution in [0.15, 0.2) is 0 Å². The van der Waals surface area contributed by atoms with Gasteiger partial charge in [-0.15, -0.1) is 11.6 Å². The molecule has 47 valence electrons. The number of ether oxygens (including phenoxy) is 1. The van der Waals surface area contributed by atoms with Crippen LogP contribution in [0.5, 0.6) is 0 Å². The molecule has 1 atom stereocenters. The fourth-order valence-electron chi connectivity index (χ4n) is 0.559. The Labute approximate surface area is 54.4 Å². The second kappa shape index (κ2) is 2.67. The molecule has 0 aliphatic carbocycles. The molecule has 1 heterocycles. The summed E-state index contributed by atoms with van der Waals surface area (Å²) in [7, 11) is 1.97. The van der Waals surface area contributed by atoms with Crippen molar-refractivity contribution in [3.05, 3.63) is 6.61 Å². The van der Waals surface area contributed by atoms with E-state index in [1.807, 2.05) is 11.9 Å². The van der Waals surface area contributed by atoms with Gasteiger partial charge in [-0.25, -0.2) is 0 Å². The summed E-state index contributed by atoms with van der Waals surface area (Å²) >= 11 is 5.75. The normalized spacial score (nSPS) is 33.0. The lowest BCUT2D eigenvalue weighted by Gasteiger charge is -2.26. The number of nitrogens with zero attached hydrogens (tertiary/aromatic N) is 1. The van der Waals surface area contributed by atoms with Crippen molar-refractivity contribution in [2.24, 2.45) is 0 Å². The molecule has 0 amide bonds. The molecular weight excluding hydrogens is 126 g/mol. The molecule has 0 bridgehead atoms. The van der Waals surface area contributed by atoms with Crippen LogP contribution in [-0.4, -0.2) is 30.6 Å². The molecule has 1 radical (unpaired) electrons. The van der Waals surface area contributed by atoms with Crippen LogP contribution < -0.4 is 0 Å². The Bertz CT molecular complexity index is 68.8. The molecule has 0 saturated carbocycles. The topological polar surface area (TPSA) is 12.5 Å². The summed E-state index contributed by atoms with van der Waals surface area (Å²) in [6.07, 6.45) is 0. The van der Waals surface area contributed by atoms with E-state index in [2.05, 4.69) is 0 Å². The summed E-state index contributed by atoms with van der Waals surface area (Å²) in [6, 6.07) is 0. The van der Waals surface area contributed by atoms with Gasteiger partial charge in [0.2, 0.25) is 0 Å². The number of hydrogen-bond acceptors (Lipinski definition) is 2. The van der Waals surface area contributed by atoms with E-state index >= 15 is 0 Å². The van der Waals surface area contributed by atoms with Crippen molar-refractivity contribution in [1.82, 2.24) is 4.90 Å². The molecule has 0 N–H and O–H groups in total. The van der Waals surface area contributed by atoms with Gasteiger partial charge in [0, 0.05) is 6.54 Å². The van der Waals surface area contributed by atoms with Gasteiger partial charge in [-0.05, 0) is 7.05 Å². The van der Waals surface area contributed by atoms with Gasteiger partial charge in [-0.1, -0.05) is 0 Å². The molecule has 0 aromatic carbocycles. The Kier molecular flexibility index (Phi) is 2.11. The van der Waals surface area contributed by atoms with Crippen LogP contribution >= 0.6 is 11.6 Å². The van der Waals surface area contributed by atoms with Crippen molar-refractivity contribution in [1.29, 1.82) is 0 Å². The van der Waals surface area contributed by atoms with Crippen LogP contribution in [0.4, 0.5) is 0 Å². The summed E-state index contributed by atoms with van der Waals surface area (Å²) in [5.74, 6) is 0. The van der Waals surface area contributed by atoms with E-state index in [1.165, 1.54) is 0 Å². The second-order valence-corrected chi connectivity index (χ2v) is 2.38. The summed E-state index contributed by atoms with van der Waals surface area (Å²) in [5, 5.41) is 0. The number of likely N-dealkylation sites (N-methyl/N-ethyl adjacent to an activating group) is 1. The lowest BCUT2D eigenvalue weighted by atomic mass is 10.5. The Morgan fingerprint density at radius 3 is 3.00 bits per heavy atom. The Morgan fingerprint density at radius 2 is 2.62 bits per heavy atom. The minimum Gasteiger partial charge on any atom is -0.371 e. The van der Waals surface area contributed by atoms with Gasteiger partial charge in [0.25, 0.3) is 0 Å². The van der Waals surface area contributed by atoms with Crippen LogP contribution in [0, 0.1) is 6.61 Å². The Morgan fingerprint density at radius 1 is 1.88 bits per heavy atom. The fourth-order valence-corrected chi connectivity index (χ4v) is 0.712. The van der Waals surface area contributed by atoms with Crippen molar-refractivity contribution in [2.45, 2.75) is 5.50 Å². The average molecular weight is 135 g/mol. The maximum Gasteiger partial charge on any atom is 0.109 e. The van der Waals surface area contributed by atoms with Crippen LogP contribution in [0.1, 0.15) is 0 Å². The highest BCUT2D eigenvalue weighted by molar-refractivity contribution is 6.20. The van der Waals surface area contributed by atoms with Gasteiger partial charge in [-0.3, -0.25) is 4.90 Å². The third-order valence-electron chi connectivity index (χ3n) is 1.19. The molecular formula is C5H9ClNO. The van der Waals surface area contributed by atoms with E-state index in [1.54, 1.807) is 6.61 Å². The highest BCUT2D eigenvalue weighted by atomic mass is 35.5. The molecule has 1 fully saturated rings. The minimum absolute atomic E-state index is 0.0556. The Hall–Kier alpha value is 0.210. The number of halogens is 1. The first-order chi connectivity index (χ1) is 3.80. The molecule has 1 unspecified atom stereocenters. The number of alkyl halides is 1. The maximum absolute atomic E-state index is 5.75. The molecule has 1 aliphatic heterocycles. The van der Waals surface area contributed by atoms with E-state index in [4.69, 9.17) is 16.3 Å². The predicted octanol–water partition coefficient (Wildman–Crippen LogP) is 0.675. The summed E-state index contributed by atoms with van der Waals surface area (Å²) in [6.45, 7) is 3.20. The van der Waals surface area contributed by atoms with E-state index < -0.39 is 0 Å². The lowest BCUT2D eigenvalue weighted by molar-refractivity contribution is 0.0831. The summed E-state index contributed by atoms with van der Waals surface area (Å²) < 4.78 is 4.95. The number of hydrogen-bond donors (Lipinski definition) is 0. The van der Waals surface area contributed by atoms with Crippen molar-refractivity contribution >= 4 is 11.6 Å². The predicted molar refractivity (Wildman–Crippen MR) is 32.5 cm³/mol. The summed E-state index contributed by atoms with van der Waals surface area (Å²) in [5.41, 5.74) is 0.0556. The Balaban J connectivity index is 2.28. The van der Waals surface area contributed by atoms with Gasteiger partial charge >= 0.3 is 0 Å². The van der Waals surface area contributed by atoms with Crippen LogP contribution in [-0.2, 0) is 4.74 Å². The maximum atomic E-state index is 5.75. The third kappa shape index (κ3) is 1.34. The van der Waals surface area contributed by atoms with Crippen molar-refractivity contribution in [3.8, 4) is 0 Å². The van der Waals surface area contributed by atoms with E-state index in [0.29, 0.717) is 6.61 Å². The molecule has 1 rings (SSSR count). The monoisotopic (exact) mass is 134 g/mol. The van der Waals surface area contributed by atoms with Crippen LogP contribution in [0.2, 0.25) is 0 Å². The largest absolute Gasteiger partial charge is 0.371 e. The first-order valence-corrected chi connectivity index (χ1v) is 3.02. The lowest BCUT2D eigenvalue weighted by Crippen LogP contribution is -2.36. The van der Waals surface area contributed by atoms with Gasteiger partial charge in [0.05, 0.1) is 13.2 Å². The van der Waals surface area contributed by atoms with Crippen molar-refractivity contribution in [3.63, 3.8) is 0 Å². The molecule has 8 heavy (non-hydrogen) atoms. The number of rotatable bonds is 0. The molecule has 0 spiro atoms. The quantitative estimate of drug-likeness (QED) is 0.357. The molecule has 3 heteroatoms. The molecule has 1 saturated heterocycles. The van der Waals surface area contributed by atoms with E-state index in [9.17, 15) is 0 Å². The zero-order valence-corrected chi connectivity index (χ0v) is 5.56. The molecule has 0 aromatic rings. The van der Waals surface area contributed by atoms with Gasteiger partial charge in [-0.2, -0.15) is 0 Å². The summed E-state index contributed by atoms with van der Waals surface area (Å²) in [4.78, 5) is 2.02. The van der Waals surface area contributed by atoms with Gasteiger partial charge in [0.1, 0.15) is 5.50 Å². The third-order valence-corrected chi connectivity index (χ3v) is 1.65. The van der Waals surface area contributed by atoms with Crippen LogP contribution in [0.25, 0.3) is 0 Å². The van der Waals surface area contributed by atoms with E-state index in [0.717, 1.165) is 6.54 Å². The first kappa shape index (κ1) is 6.33. The van der Waals surface area contributed by atoms with Gasteiger partial charge < -0.3 is 4.74 Å². The average Bonchev–Trinajstić information content (AvgIpc) is 1.77. The first-order valence-electron chi connectivity index (χ1n) is 2.58. The van der Waals surface area contributed by atoms with E-state index in [-0.39, 0.29) is 5.50 Å². The molecule has 2 nitrogen and oxygen atoms in total. The highest BCUT2D eigenvalue weighted by Crippen LogP contribution is 2.08. The zero-order chi connectivity index (χ0) is 5.98. The standard InChI is InChI=1S/C5H9ClNO/c1-7-2-3-8-4-5(7)6/h3,5H,2,4H2,1H3. The zero-order valence-electron chi connectivity index (χ0n) is 4.80. The van der Waals surface area contributed by atoms with Gasteiger partial charge in [0.15, 0.2) is 0 Å². The SMILES string of the molecule is CN1C[CH]OCC1Cl. The fraction of sp³-hybridized carbons (Fsp3) is 0.800. The second-order valence-electron chi connectivity index (χ2n) is 1.87. The van der Waals surface area contributed by atoms with Crippen molar-refractivity contribution in [2.75, 3.05) is 20.2 Å².